The first-order chi connectivity index (χ1) is 30.6. The Morgan fingerprint density at radius 2 is 1.44 bits per heavy atom. The molecule has 13 atom stereocenters. The van der Waals surface area contributed by atoms with Gasteiger partial charge in [-0.1, -0.05) is 119 Å². The van der Waals surface area contributed by atoms with Crippen molar-refractivity contribution in [3.63, 3.8) is 0 Å². The topological polar surface area (TPSA) is 270 Å². The molecule has 366 valence electrons. The zero-order valence-electron chi connectivity index (χ0n) is 37.6. The van der Waals surface area contributed by atoms with E-state index in [-0.39, 0.29) is 19.3 Å². The third kappa shape index (κ3) is 23.1. The molecule has 1 aliphatic heterocycles. The van der Waals surface area contributed by atoms with E-state index in [9.17, 15) is 59.9 Å². The summed E-state index contributed by atoms with van der Waals surface area (Å²) in [6.07, 6.45) is 12.7. The Morgan fingerprint density at radius 3 is 2.11 bits per heavy atom. The number of carbonyl (C=O) groups is 2. The molecule has 2 aliphatic rings. The van der Waals surface area contributed by atoms with Crippen LogP contribution in [0.25, 0.3) is 0 Å². The minimum atomic E-state index is -5.43. The van der Waals surface area contributed by atoms with Gasteiger partial charge in [0.15, 0.2) is 6.10 Å². The second-order valence-electron chi connectivity index (χ2n) is 16.5. The lowest BCUT2D eigenvalue weighted by atomic mass is 9.83. The number of allylic oxidation sites excluding steroid dienone is 9. The Kier molecular flexibility index (Phi) is 29.3. The first-order valence-electron chi connectivity index (χ1n) is 23.0. The molecule has 0 aromatic rings. The molecular weight excluding hydrogens is 851 g/mol. The van der Waals surface area contributed by atoms with Crippen molar-refractivity contribution >= 4 is 19.8 Å². The van der Waals surface area contributed by atoms with Crippen molar-refractivity contribution in [2.45, 2.75) is 184 Å². The van der Waals surface area contributed by atoms with Crippen LogP contribution in [0, 0.1) is 11.8 Å². The number of hydrogen-bond donors (Lipinski definition) is 9. The summed E-state index contributed by atoms with van der Waals surface area (Å²) in [6.45, 7) is 2.65. The molecule has 0 radical (unpaired) electrons. The Bertz CT molecular complexity index is 1530. The van der Waals surface area contributed by atoms with Crippen LogP contribution in [0.15, 0.2) is 72.9 Å². The molecule has 1 heterocycles. The number of hydrogen-bond acceptors (Lipinski definition) is 15. The fourth-order valence-electron chi connectivity index (χ4n) is 7.31. The predicted molar refractivity (Wildman–Crippen MR) is 241 cm³/mol. The number of rotatable bonds is 22. The van der Waals surface area contributed by atoms with Crippen molar-refractivity contribution in [3.8, 4) is 0 Å². The summed E-state index contributed by atoms with van der Waals surface area (Å²) in [7, 11) is -5.43. The van der Waals surface area contributed by atoms with Gasteiger partial charge in [0.1, 0.15) is 31.0 Å². The van der Waals surface area contributed by atoms with Crippen molar-refractivity contribution in [1.29, 1.82) is 0 Å². The third-order valence-electron chi connectivity index (χ3n) is 11.1. The van der Waals surface area contributed by atoms with Gasteiger partial charge in [0.25, 0.3) is 0 Å². The van der Waals surface area contributed by atoms with Gasteiger partial charge < -0.3 is 55.2 Å². The van der Waals surface area contributed by atoms with Crippen LogP contribution in [0.5, 0.6) is 0 Å². The van der Waals surface area contributed by atoms with Crippen LogP contribution in [0.2, 0.25) is 0 Å². The molecule has 2 rings (SSSR count). The first-order valence-corrected chi connectivity index (χ1v) is 24.5. The lowest BCUT2D eigenvalue weighted by Gasteiger charge is -2.37. The van der Waals surface area contributed by atoms with E-state index in [2.05, 4.69) is 55.5 Å². The van der Waals surface area contributed by atoms with E-state index in [1.165, 1.54) is 24.3 Å². The van der Waals surface area contributed by atoms with Crippen molar-refractivity contribution in [2.24, 2.45) is 11.8 Å². The summed E-state index contributed by atoms with van der Waals surface area (Å²) in [5, 5.41) is 89.4. The largest absolute Gasteiger partial charge is 0.472 e. The number of esters is 2. The highest BCUT2D eigenvalue weighted by molar-refractivity contribution is 7.47. The molecule has 1 unspecified atom stereocenters. The summed E-state index contributed by atoms with van der Waals surface area (Å²) in [4.78, 5) is 36.3. The highest BCUT2D eigenvalue weighted by Gasteiger charge is 2.49. The lowest BCUT2D eigenvalue weighted by molar-refractivity contribution is -0.167. The molecule has 0 saturated heterocycles. The second-order valence-corrected chi connectivity index (χ2v) is 17.9. The third-order valence-corrected chi connectivity index (χ3v) is 12.1. The van der Waals surface area contributed by atoms with Gasteiger partial charge in [-0.25, -0.2) is 4.57 Å². The van der Waals surface area contributed by atoms with E-state index in [1.807, 2.05) is 6.92 Å². The monoisotopic (exact) mass is 928 g/mol. The molecule has 0 amide bonds. The normalized spacial score (nSPS) is 32.8. The first kappa shape index (κ1) is 57.3. The van der Waals surface area contributed by atoms with Gasteiger partial charge in [0.05, 0.1) is 43.5 Å². The summed E-state index contributed by atoms with van der Waals surface area (Å²) in [6, 6.07) is 0. The van der Waals surface area contributed by atoms with Gasteiger partial charge in [-0.2, -0.15) is 0 Å². The number of phosphoric ester groups is 1. The lowest BCUT2D eigenvalue weighted by Crippen LogP contribution is -2.55. The van der Waals surface area contributed by atoms with E-state index < -0.39 is 112 Å². The minimum Gasteiger partial charge on any atom is -0.462 e. The second kappa shape index (κ2) is 32.8. The highest BCUT2D eigenvalue weighted by Crippen LogP contribution is 2.47. The van der Waals surface area contributed by atoms with Gasteiger partial charge in [0.2, 0.25) is 0 Å². The Balaban J connectivity index is 2.10. The quantitative estimate of drug-likeness (QED) is 0.0296. The average molecular weight is 929 g/mol. The Morgan fingerprint density at radius 1 is 0.797 bits per heavy atom. The molecule has 2 bridgehead atoms. The maximum atomic E-state index is 13.4. The number of aliphatic hydroxyl groups is 8. The van der Waals surface area contributed by atoms with Crippen molar-refractivity contribution in [2.75, 3.05) is 13.2 Å². The number of ether oxygens (including phenoxy) is 2. The molecule has 1 fully saturated rings. The molecule has 0 aromatic heterocycles. The van der Waals surface area contributed by atoms with E-state index in [1.54, 1.807) is 0 Å². The minimum absolute atomic E-state index is 0.0690. The van der Waals surface area contributed by atoms with Crippen LogP contribution in [-0.4, -0.2) is 132 Å². The Labute approximate surface area is 379 Å². The van der Waals surface area contributed by atoms with Crippen LogP contribution < -0.4 is 0 Å². The van der Waals surface area contributed by atoms with E-state index in [4.69, 9.17) is 18.5 Å². The predicted octanol–water partition coefficient (Wildman–Crippen LogP) is 5.10. The zero-order chi connectivity index (χ0) is 47.3. The number of fused-ring (bicyclic) bond motifs is 4. The molecule has 9 N–H and O–H groups in total. The van der Waals surface area contributed by atoms with Gasteiger partial charge in [-0.3, -0.25) is 18.6 Å². The summed E-state index contributed by atoms with van der Waals surface area (Å²) in [5.74, 6) is -4.28. The smallest absolute Gasteiger partial charge is 0.462 e. The standard InChI is InChI=1S/C47H77O16P/c1-3-5-7-8-9-10-11-12-13-14-15-16-17-18-19-20-22-27-40(51)60-32-35-33-61-64(58,59)63-47-45(56)43(54)37(30-29-34(48)25-21-6-4-2)39(50)31-38(49)36(42(53)44(55)46(47)57)26-23-24-28-41(52)62-35/h5,7,9-10,12-13,15-16,23-24,29-30,34-39,42-50,53-57H,3-4,6,8,11,14,17-22,25-28,31-33H2,1-2H3,(H,58,59)/b7-5-,10-9-,13-12-,16-15-,24-23-,30-29-/t34-,35-,36-,37+,38+,39-,42-,43-,44+,45-,46-,47-/m1/s1. The van der Waals surface area contributed by atoms with Crippen molar-refractivity contribution < 1.29 is 78.4 Å². The number of carbonyl (C=O) groups excluding carboxylic acids is 2. The number of aliphatic hydroxyl groups excluding tert-OH is 8. The van der Waals surface area contributed by atoms with Crippen LogP contribution in [0.4, 0.5) is 0 Å². The van der Waals surface area contributed by atoms with E-state index in [0.717, 1.165) is 64.2 Å². The molecule has 16 nitrogen and oxygen atoms in total. The molecule has 17 heteroatoms. The number of phosphoric acid groups is 1. The maximum absolute atomic E-state index is 13.4. The molecule has 64 heavy (non-hydrogen) atoms. The molecule has 0 aromatic carbocycles. The fraction of sp³-hybridized carbons (Fsp3) is 0.702. The van der Waals surface area contributed by atoms with Crippen LogP contribution in [0.1, 0.15) is 123 Å². The molecule has 0 spiro atoms. The van der Waals surface area contributed by atoms with E-state index >= 15 is 0 Å². The highest BCUT2D eigenvalue weighted by atomic mass is 31.2. The summed E-state index contributed by atoms with van der Waals surface area (Å²) >= 11 is 0. The molecular formula is C47H77O16P. The van der Waals surface area contributed by atoms with Crippen LogP contribution in [-0.2, 0) is 32.7 Å². The Hall–Kier alpha value is -2.83. The van der Waals surface area contributed by atoms with Gasteiger partial charge in [-0.15, -0.1) is 0 Å². The summed E-state index contributed by atoms with van der Waals surface area (Å²) in [5.41, 5.74) is 0. The van der Waals surface area contributed by atoms with Crippen molar-refractivity contribution in [1.82, 2.24) is 0 Å². The summed E-state index contributed by atoms with van der Waals surface area (Å²) < 4.78 is 34.3. The number of unbranched alkanes of at least 4 members (excludes halogenated alkanes) is 6. The average Bonchev–Trinajstić information content (AvgIpc) is 3.26. The van der Waals surface area contributed by atoms with Crippen LogP contribution >= 0.6 is 7.82 Å². The SMILES string of the molecule is CC/C=C\C/C=C\C/C=C\C/C=C\CCCCCCC(=O)OC[C@@H]1COP(=O)(O)O[C@H]2[C@H](O)[C@@H](O)[C@H](O)[C@H](C/C=C\CC(=O)O1)[C@@H](O)C[C@@H](O)[C@H](/C=C\[C@H](O)CCCCC)[C@@H](O)[C@H]2O. The zero-order valence-corrected chi connectivity index (χ0v) is 38.5. The number of cyclic esters (lactones) is 1. The molecule has 1 saturated carbocycles. The van der Waals surface area contributed by atoms with Crippen molar-refractivity contribution in [3.05, 3.63) is 72.9 Å². The molecule has 1 aliphatic carbocycles. The van der Waals surface area contributed by atoms with E-state index in [0.29, 0.717) is 19.3 Å². The van der Waals surface area contributed by atoms with Gasteiger partial charge in [0, 0.05) is 24.7 Å². The van der Waals surface area contributed by atoms with Crippen LogP contribution in [0.3, 0.4) is 0 Å². The maximum Gasteiger partial charge on any atom is 0.472 e. The van der Waals surface area contributed by atoms with Gasteiger partial charge >= 0.3 is 19.8 Å². The fourth-order valence-corrected chi connectivity index (χ4v) is 8.29. The van der Waals surface area contributed by atoms with Gasteiger partial charge in [-0.05, 0) is 57.8 Å².